The number of hydrogen-bond donors (Lipinski definition) is 1. The van der Waals surface area contributed by atoms with E-state index in [4.69, 9.17) is 16.7 Å². The summed E-state index contributed by atoms with van der Waals surface area (Å²) < 4.78 is 2.23. The molecule has 0 amide bonds. The quantitative estimate of drug-likeness (QED) is 0.801. The van der Waals surface area contributed by atoms with E-state index >= 15 is 0 Å². The normalized spacial score (nSPS) is 11.0. The molecule has 3 rings (SSSR count). The summed E-state index contributed by atoms with van der Waals surface area (Å²) in [5, 5.41) is 21.3. The zero-order valence-electron chi connectivity index (χ0n) is 9.45. The van der Waals surface area contributed by atoms with Crippen LogP contribution in [-0.2, 0) is 11.3 Å². The first kappa shape index (κ1) is 12.1. The molecule has 0 aliphatic rings. The zero-order valence-corrected chi connectivity index (χ0v) is 11.0. The summed E-state index contributed by atoms with van der Waals surface area (Å²) in [5.74, 6) is -0.639. The van der Waals surface area contributed by atoms with Crippen LogP contribution in [0.25, 0.3) is 20.8 Å². The number of carboxylic acid groups (broad SMARTS) is 1. The van der Waals surface area contributed by atoms with E-state index in [2.05, 4.69) is 15.5 Å². The van der Waals surface area contributed by atoms with Gasteiger partial charge >= 0.3 is 5.97 Å². The minimum Gasteiger partial charge on any atom is -0.480 e. The molecule has 1 N–H and O–H groups in total. The van der Waals surface area contributed by atoms with Crippen LogP contribution in [0.4, 0.5) is 0 Å². The van der Waals surface area contributed by atoms with Crippen molar-refractivity contribution in [2.75, 3.05) is 0 Å². The number of thiophene rings is 1. The van der Waals surface area contributed by atoms with E-state index in [1.54, 1.807) is 0 Å². The first-order valence-corrected chi connectivity index (χ1v) is 6.51. The molecule has 8 heteroatoms. The van der Waals surface area contributed by atoms with Gasteiger partial charge < -0.3 is 5.11 Å². The van der Waals surface area contributed by atoms with E-state index in [9.17, 15) is 4.79 Å². The van der Waals surface area contributed by atoms with E-state index in [0.717, 1.165) is 10.1 Å². The molecule has 0 fully saturated rings. The summed E-state index contributed by atoms with van der Waals surface area (Å²) in [6.45, 7) is -0.299. The van der Waals surface area contributed by atoms with Crippen LogP contribution in [0.15, 0.2) is 24.3 Å². The number of tetrazole rings is 1. The largest absolute Gasteiger partial charge is 0.480 e. The third-order valence-electron chi connectivity index (χ3n) is 2.55. The van der Waals surface area contributed by atoms with Crippen LogP contribution in [0.1, 0.15) is 0 Å². The SMILES string of the molecule is O=C(O)Cn1nnnc1-c1sc2ccccc2c1Cl. The van der Waals surface area contributed by atoms with Crippen molar-refractivity contribution in [3.05, 3.63) is 29.3 Å². The number of aliphatic carboxylic acids is 1. The van der Waals surface area contributed by atoms with Gasteiger partial charge in [-0.15, -0.1) is 16.4 Å². The highest BCUT2D eigenvalue weighted by Gasteiger charge is 2.18. The van der Waals surface area contributed by atoms with Gasteiger partial charge in [0.05, 0.1) is 9.90 Å². The Morgan fingerprint density at radius 1 is 1.42 bits per heavy atom. The number of halogens is 1. The summed E-state index contributed by atoms with van der Waals surface area (Å²) in [6, 6.07) is 7.66. The van der Waals surface area contributed by atoms with Crippen molar-refractivity contribution in [2.45, 2.75) is 6.54 Å². The molecule has 0 aliphatic heterocycles. The lowest BCUT2D eigenvalue weighted by Crippen LogP contribution is -2.11. The molecule has 0 atom stereocenters. The molecule has 1 aromatic carbocycles. The monoisotopic (exact) mass is 294 g/mol. The maximum absolute atomic E-state index is 10.8. The number of carbonyl (C=O) groups is 1. The van der Waals surface area contributed by atoms with E-state index in [-0.39, 0.29) is 6.54 Å². The highest BCUT2D eigenvalue weighted by molar-refractivity contribution is 7.23. The van der Waals surface area contributed by atoms with Gasteiger partial charge in [0, 0.05) is 10.1 Å². The summed E-state index contributed by atoms with van der Waals surface area (Å²) >= 11 is 7.75. The molecule has 96 valence electrons. The topological polar surface area (TPSA) is 80.9 Å². The Balaban J connectivity index is 2.17. The number of benzene rings is 1. The lowest BCUT2D eigenvalue weighted by atomic mass is 10.2. The molecule has 6 nitrogen and oxygen atoms in total. The van der Waals surface area contributed by atoms with Gasteiger partial charge in [0.2, 0.25) is 0 Å². The second kappa shape index (κ2) is 4.60. The lowest BCUT2D eigenvalue weighted by molar-refractivity contribution is -0.137. The van der Waals surface area contributed by atoms with Crippen LogP contribution in [0, 0.1) is 0 Å². The molecule has 0 spiro atoms. The highest BCUT2D eigenvalue weighted by atomic mass is 35.5. The van der Waals surface area contributed by atoms with E-state index in [1.807, 2.05) is 24.3 Å². The van der Waals surface area contributed by atoms with Gasteiger partial charge in [0.25, 0.3) is 0 Å². The number of carboxylic acids is 1. The highest BCUT2D eigenvalue weighted by Crippen LogP contribution is 2.40. The third-order valence-corrected chi connectivity index (χ3v) is 4.23. The van der Waals surface area contributed by atoms with Gasteiger partial charge in [-0.1, -0.05) is 29.8 Å². The second-order valence-corrected chi connectivity index (χ2v) is 5.23. The maximum Gasteiger partial charge on any atom is 0.325 e. The molecule has 3 aromatic rings. The molecule has 0 unspecified atom stereocenters. The fourth-order valence-electron chi connectivity index (χ4n) is 1.76. The van der Waals surface area contributed by atoms with Crippen LogP contribution in [0.5, 0.6) is 0 Å². The Hall–Kier alpha value is -1.99. The minimum absolute atomic E-state index is 0.299. The van der Waals surface area contributed by atoms with Crippen molar-refractivity contribution in [3.8, 4) is 10.7 Å². The Bertz CT molecular complexity index is 767. The molecule has 2 heterocycles. The Morgan fingerprint density at radius 2 is 2.21 bits per heavy atom. The van der Waals surface area contributed by atoms with Crippen LogP contribution < -0.4 is 0 Å². The number of fused-ring (bicyclic) bond motifs is 1. The average molecular weight is 295 g/mol. The zero-order chi connectivity index (χ0) is 13.4. The number of nitrogens with zero attached hydrogens (tertiary/aromatic N) is 4. The summed E-state index contributed by atoms with van der Waals surface area (Å²) in [5.41, 5.74) is 0. The second-order valence-electron chi connectivity index (χ2n) is 3.80. The van der Waals surface area contributed by atoms with Gasteiger partial charge in [-0.3, -0.25) is 4.79 Å². The molecule has 0 aliphatic carbocycles. The predicted octanol–water partition coefficient (Wildman–Crippen LogP) is 2.29. The van der Waals surface area contributed by atoms with Crippen LogP contribution in [0.3, 0.4) is 0 Å². The summed E-state index contributed by atoms with van der Waals surface area (Å²) in [6.07, 6.45) is 0. The molecular formula is C11H7ClN4O2S. The molecule has 0 radical (unpaired) electrons. The van der Waals surface area contributed by atoms with Gasteiger partial charge in [0.1, 0.15) is 6.54 Å². The maximum atomic E-state index is 10.8. The standard InChI is InChI=1S/C11H7ClN4O2S/c12-9-6-3-1-2-4-7(6)19-10(9)11-13-14-15-16(11)5-8(17)18/h1-4H,5H2,(H,17,18). The number of hydrogen-bond acceptors (Lipinski definition) is 5. The van der Waals surface area contributed by atoms with Crippen molar-refractivity contribution in [1.82, 2.24) is 20.2 Å². The van der Waals surface area contributed by atoms with Gasteiger partial charge in [0.15, 0.2) is 5.82 Å². The molecular weight excluding hydrogens is 288 g/mol. The summed E-state index contributed by atoms with van der Waals surface area (Å²) in [7, 11) is 0. The smallest absolute Gasteiger partial charge is 0.325 e. The molecule has 0 bridgehead atoms. The first-order chi connectivity index (χ1) is 9.16. The first-order valence-electron chi connectivity index (χ1n) is 5.32. The fourth-order valence-corrected chi connectivity index (χ4v) is 3.26. The molecule has 19 heavy (non-hydrogen) atoms. The lowest BCUT2D eigenvalue weighted by Gasteiger charge is -1.99. The van der Waals surface area contributed by atoms with E-state index in [1.165, 1.54) is 16.0 Å². The number of aromatic nitrogens is 4. The van der Waals surface area contributed by atoms with Crippen LogP contribution in [-0.4, -0.2) is 31.3 Å². The van der Waals surface area contributed by atoms with Crippen molar-refractivity contribution in [1.29, 1.82) is 0 Å². The Kier molecular flexibility index (Phi) is 2.92. The van der Waals surface area contributed by atoms with Crippen molar-refractivity contribution in [2.24, 2.45) is 0 Å². The van der Waals surface area contributed by atoms with E-state index in [0.29, 0.717) is 15.7 Å². The van der Waals surface area contributed by atoms with Crippen molar-refractivity contribution < 1.29 is 9.90 Å². The van der Waals surface area contributed by atoms with Gasteiger partial charge in [-0.25, -0.2) is 4.68 Å². The fraction of sp³-hybridized carbons (Fsp3) is 0.0909. The van der Waals surface area contributed by atoms with Crippen molar-refractivity contribution >= 4 is 39.0 Å². The summed E-state index contributed by atoms with van der Waals surface area (Å²) in [4.78, 5) is 11.4. The molecule has 2 aromatic heterocycles. The van der Waals surface area contributed by atoms with Crippen LogP contribution >= 0.6 is 22.9 Å². The van der Waals surface area contributed by atoms with Crippen molar-refractivity contribution in [3.63, 3.8) is 0 Å². The molecule has 0 saturated heterocycles. The predicted molar refractivity (Wildman–Crippen MR) is 71.3 cm³/mol. The average Bonchev–Trinajstić information content (AvgIpc) is 2.94. The van der Waals surface area contributed by atoms with E-state index < -0.39 is 5.97 Å². The molecule has 0 saturated carbocycles. The minimum atomic E-state index is -1.01. The Morgan fingerprint density at radius 3 is 2.95 bits per heavy atom. The van der Waals surface area contributed by atoms with Gasteiger partial charge in [-0.05, 0) is 16.5 Å². The third kappa shape index (κ3) is 2.06. The number of rotatable bonds is 3. The van der Waals surface area contributed by atoms with Crippen LogP contribution in [0.2, 0.25) is 5.02 Å². The van der Waals surface area contributed by atoms with Gasteiger partial charge in [-0.2, -0.15) is 0 Å². The Labute approximate surface area is 116 Å².